The largest absolute Gasteiger partial charge is 0.501 e. The minimum absolute atomic E-state index is 0. The zero-order valence-corrected chi connectivity index (χ0v) is 36.6. The van der Waals surface area contributed by atoms with Crippen LogP contribution in [0.3, 0.4) is 0 Å². The molecule has 0 aliphatic carbocycles. The van der Waals surface area contributed by atoms with Gasteiger partial charge >= 0.3 is 0 Å². The molecular formula is C54H45IrN3O2-2. The molecule has 299 valence electrons. The first kappa shape index (κ1) is 34.6. The van der Waals surface area contributed by atoms with Gasteiger partial charge in [0, 0.05) is 61.2 Å². The standard InChI is InChI=1S/C37H25N2O2.C17H20N.Ir/c1-21-17-24(25-13-16-28-30-14-11-23(3)39-37(30)41-35(28)18-25)12-15-26(21)32-19-33(38-20-22(32)2)31-9-6-8-29-27-7-4-5-10-34(27)40-36(29)31;1-13-5-8-15(9-6-13)16-10-7-14(12-18-16)11-17(2,3)4;/h4-8,10-20H,1-3H3;5-8,10,12H,11H2,1-4H3;/q2*-1;/i;1D3,11D2;. The number of pyridine rings is 3. The van der Waals surface area contributed by atoms with E-state index in [0.717, 1.165) is 77.5 Å². The van der Waals surface area contributed by atoms with Gasteiger partial charge in [-0.05, 0) is 113 Å². The topological polar surface area (TPSA) is 65.0 Å². The minimum Gasteiger partial charge on any atom is -0.501 e. The minimum atomic E-state index is -2.14. The molecule has 1 radical (unpaired) electrons. The van der Waals surface area contributed by atoms with E-state index in [1.54, 1.807) is 24.3 Å². The van der Waals surface area contributed by atoms with E-state index in [1.165, 1.54) is 23.4 Å². The number of nitrogens with zero attached hydrogens (tertiary/aromatic N) is 3. The molecule has 5 nitrogen and oxygen atoms in total. The van der Waals surface area contributed by atoms with Crippen LogP contribution in [0.4, 0.5) is 0 Å². The molecule has 0 N–H and O–H groups in total. The monoisotopic (exact) mass is 965 g/mol. The molecule has 5 heterocycles. The number of para-hydroxylation sites is 1. The van der Waals surface area contributed by atoms with E-state index in [2.05, 4.69) is 96.6 Å². The Kier molecular flexibility index (Phi) is 9.50. The molecule has 0 atom stereocenters. The molecule has 10 aromatic rings. The molecule has 0 saturated carbocycles. The van der Waals surface area contributed by atoms with E-state index in [9.17, 15) is 0 Å². The van der Waals surface area contributed by atoms with Crippen molar-refractivity contribution >= 4 is 44.0 Å². The Bertz CT molecular complexity index is 3370. The molecule has 10 rings (SSSR count). The summed E-state index contributed by atoms with van der Waals surface area (Å²) in [6, 6.07) is 45.9. The molecule has 0 saturated heterocycles. The molecule has 0 fully saturated rings. The van der Waals surface area contributed by atoms with Crippen LogP contribution in [0.15, 0.2) is 143 Å². The summed E-state index contributed by atoms with van der Waals surface area (Å²) in [5.41, 5.74) is 14.3. The van der Waals surface area contributed by atoms with E-state index in [4.69, 9.17) is 20.7 Å². The summed E-state index contributed by atoms with van der Waals surface area (Å²) in [4.78, 5) is 13.7. The first-order valence-corrected chi connectivity index (χ1v) is 19.7. The van der Waals surface area contributed by atoms with Crippen LogP contribution in [0.25, 0.3) is 88.8 Å². The van der Waals surface area contributed by atoms with Crippen molar-refractivity contribution in [3.8, 4) is 44.8 Å². The number of furan rings is 2. The van der Waals surface area contributed by atoms with Gasteiger partial charge in [0.1, 0.15) is 11.2 Å². The van der Waals surface area contributed by atoms with Crippen molar-refractivity contribution in [1.82, 2.24) is 15.0 Å². The van der Waals surface area contributed by atoms with E-state index < -0.39 is 18.6 Å². The average molecular weight is 965 g/mol. The first-order valence-electron chi connectivity index (χ1n) is 22.2. The molecule has 0 bridgehead atoms. The summed E-state index contributed by atoms with van der Waals surface area (Å²) in [7, 11) is 0. The zero-order chi connectivity index (χ0) is 45.1. The van der Waals surface area contributed by atoms with Crippen molar-refractivity contribution in [1.29, 1.82) is 0 Å². The van der Waals surface area contributed by atoms with Gasteiger partial charge in [-0.1, -0.05) is 99.2 Å². The van der Waals surface area contributed by atoms with Gasteiger partial charge < -0.3 is 18.8 Å². The van der Waals surface area contributed by atoms with Gasteiger partial charge in [0.2, 0.25) is 5.71 Å². The maximum absolute atomic E-state index is 8.25. The van der Waals surface area contributed by atoms with Crippen molar-refractivity contribution in [2.24, 2.45) is 5.41 Å². The molecule has 6 heteroatoms. The number of hydrogen-bond acceptors (Lipinski definition) is 5. The van der Waals surface area contributed by atoms with E-state index in [0.29, 0.717) is 22.5 Å². The van der Waals surface area contributed by atoms with Gasteiger partial charge in [-0.2, -0.15) is 0 Å². The van der Waals surface area contributed by atoms with Crippen LogP contribution >= 0.6 is 0 Å². The summed E-state index contributed by atoms with van der Waals surface area (Å²) >= 11 is 0. The molecule has 0 aliphatic rings. The second kappa shape index (κ2) is 16.5. The van der Waals surface area contributed by atoms with Gasteiger partial charge in [-0.15, -0.1) is 53.6 Å². The van der Waals surface area contributed by atoms with Crippen LogP contribution in [0, 0.1) is 45.2 Å². The van der Waals surface area contributed by atoms with Crippen LogP contribution in [0.1, 0.15) is 55.6 Å². The van der Waals surface area contributed by atoms with Gasteiger partial charge in [-0.3, -0.25) is 0 Å². The summed E-state index contributed by atoms with van der Waals surface area (Å²) in [5, 5.41) is 4.30. The van der Waals surface area contributed by atoms with E-state index in [1.807, 2.05) is 64.2 Å². The van der Waals surface area contributed by atoms with Gasteiger partial charge in [0.05, 0.1) is 5.58 Å². The van der Waals surface area contributed by atoms with E-state index in [-0.39, 0.29) is 25.7 Å². The number of aryl methyl sites for hydroxylation is 4. The molecule has 5 aromatic heterocycles. The Morgan fingerprint density at radius 2 is 1.45 bits per heavy atom. The fourth-order valence-electron chi connectivity index (χ4n) is 7.55. The number of benzene rings is 5. The summed E-state index contributed by atoms with van der Waals surface area (Å²) in [6.07, 6.45) is 1.98. The normalized spacial score (nSPS) is 13.2. The Morgan fingerprint density at radius 3 is 2.22 bits per heavy atom. The number of rotatable bonds is 5. The summed E-state index contributed by atoms with van der Waals surface area (Å²) in [6.45, 7) is 9.65. The van der Waals surface area contributed by atoms with Crippen LogP contribution in [-0.2, 0) is 26.5 Å². The molecule has 5 aromatic carbocycles. The Labute approximate surface area is 371 Å². The predicted octanol–water partition coefficient (Wildman–Crippen LogP) is 14.4. The molecule has 0 unspecified atom stereocenters. The summed E-state index contributed by atoms with van der Waals surface area (Å²) < 4.78 is 51.0. The number of fused-ring (bicyclic) bond motifs is 6. The van der Waals surface area contributed by atoms with Crippen molar-refractivity contribution in [2.75, 3.05) is 0 Å². The molecular weight excluding hydrogens is 915 g/mol. The Balaban J connectivity index is 0.000000206. The van der Waals surface area contributed by atoms with E-state index >= 15 is 0 Å². The molecule has 0 aliphatic heterocycles. The van der Waals surface area contributed by atoms with Crippen LogP contribution in [0.2, 0.25) is 0 Å². The predicted molar refractivity (Wildman–Crippen MR) is 242 cm³/mol. The van der Waals surface area contributed by atoms with Gasteiger partial charge in [-0.25, -0.2) is 4.98 Å². The van der Waals surface area contributed by atoms with Crippen molar-refractivity contribution in [3.63, 3.8) is 0 Å². The smallest absolute Gasteiger partial charge is 0.227 e. The Hall–Kier alpha value is -6.20. The molecule has 0 spiro atoms. The average Bonchev–Trinajstić information content (AvgIpc) is 3.84. The number of aromatic nitrogens is 3. The molecule has 0 amide bonds. The van der Waals surface area contributed by atoms with Crippen molar-refractivity contribution < 1.29 is 35.8 Å². The Morgan fingerprint density at radius 1 is 0.667 bits per heavy atom. The third kappa shape index (κ3) is 8.18. The van der Waals surface area contributed by atoms with Crippen molar-refractivity contribution in [2.45, 2.75) is 54.8 Å². The maximum Gasteiger partial charge on any atom is 0.227 e. The molecule has 60 heavy (non-hydrogen) atoms. The van der Waals surface area contributed by atoms with Gasteiger partial charge in [0.25, 0.3) is 0 Å². The second-order valence-electron chi connectivity index (χ2n) is 16.0. The van der Waals surface area contributed by atoms with Gasteiger partial charge in [0.15, 0.2) is 0 Å². The summed E-state index contributed by atoms with van der Waals surface area (Å²) in [5.74, 6) is 0. The quantitative estimate of drug-likeness (QED) is 0.161. The second-order valence-corrected chi connectivity index (χ2v) is 16.0. The fraction of sp³-hybridized carbons (Fsp3) is 0.167. The van der Waals surface area contributed by atoms with Crippen molar-refractivity contribution in [3.05, 3.63) is 174 Å². The maximum atomic E-state index is 8.25. The number of hydrogen-bond donors (Lipinski definition) is 0. The van der Waals surface area contributed by atoms with Crippen LogP contribution in [0.5, 0.6) is 0 Å². The third-order valence-corrected chi connectivity index (χ3v) is 10.4. The SMILES string of the molecule is Cc1ccc2c(n1)oc1cc(-c3ccc(-c4cc(-c5[c-]ccc6c5oc5ccccc56)ncc4C)c(C)c3)ccc12.[2H]C([2H])([2H])c1c[c-]c(-c2ccc(C([2H])([2H])C(C)(C)C)cn2)cc1.[Ir]. The van der Waals surface area contributed by atoms with Crippen LogP contribution in [-0.4, -0.2) is 15.0 Å². The zero-order valence-electron chi connectivity index (χ0n) is 39.2. The fourth-order valence-corrected chi connectivity index (χ4v) is 7.55. The first-order chi connectivity index (χ1) is 30.5. The van der Waals surface area contributed by atoms with Crippen LogP contribution < -0.4 is 0 Å². The third-order valence-electron chi connectivity index (χ3n) is 10.4.